The smallest absolute Gasteiger partial charge is 0.161 e. The van der Waals surface area contributed by atoms with Crippen molar-refractivity contribution in [1.82, 2.24) is 4.98 Å². The van der Waals surface area contributed by atoms with Crippen LogP contribution in [0, 0.1) is 18.3 Å². The Morgan fingerprint density at radius 2 is 1.77 bits per heavy atom. The quantitative estimate of drug-likeness (QED) is 0.792. The Morgan fingerprint density at radius 3 is 2.45 bits per heavy atom. The first-order valence-corrected chi connectivity index (χ1v) is 6.92. The number of nitrogens with zero attached hydrogens (tertiary/aromatic N) is 1. The highest BCUT2D eigenvalue weighted by Crippen LogP contribution is 2.35. The van der Waals surface area contributed by atoms with Crippen LogP contribution in [0.15, 0.2) is 36.4 Å². The van der Waals surface area contributed by atoms with Crippen molar-refractivity contribution in [3.63, 3.8) is 0 Å². The van der Waals surface area contributed by atoms with Crippen molar-refractivity contribution in [1.29, 1.82) is 5.26 Å². The van der Waals surface area contributed by atoms with Crippen LogP contribution in [0.25, 0.3) is 22.2 Å². The minimum atomic E-state index is 0.638. The fraction of sp³-hybridized carbons (Fsp3) is 0.167. The first kappa shape index (κ1) is 14.0. The Hall–Kier alpha value is -2.93. The molecule has 0 saturated heterocycles. The maximum absolute atomic E-state index is 9.56. The van der Waals surface area contributed by atoms with Crippen LogP contribution in [0.2, 0.25) is 0 Å². The van der Waals surface area contributed by atoms with E-state index in [2.05, 4.69) is 11.1 Å². The van der Waals surface area contributed by atoms with Gasteiger partial charge in [-0.2, -0.15) is 5.26 Å². The maximum atomic E-state index is 9.56. The lowest BCUT2D eigenvalue weighted by Crippen LogP contribution is -1.91. The first-order valence-electron chi connectivity index (χ1n) is 6.92. The van der Waals surface area contributed by atoms with Gasteiger partial charge in [0.25, 0.3) is 0 Å². The molecule has 0 spiro atoms. The number of H-pyrrole nitrogens is 1. The van der Waals surface area contributed by atoms with Gasteiger partial charge in [-0.1, -0.05) is 11.6 Å². The molecule has 0 aliphatic carbocycles. The second-order valence-corrected chi connectivity index (χ2v) is 5.11. The molecule has 1 heterocycles. The molecule has 3 aromatic rings. The lowest BCUT2D eigenvalue weighted by molar-refractivity contribution is 0.355. The SMILES string of the molecule is COc1ccc(-c2[nH]c3ccc(C)cc3c2C#N)cc1OC. The molecule has 1 N–H and O–H groups in total. The number of methoxy groups -OCH3 is 2. The molecule has 3 rings (SSSR count). The van der Waals surface area contributed by atoms with Gasteiger partial charge in [-0.15, -0.1) is 0 Å². The van der Waals surface area contributed by atoms with Gasteiger partial charge in [0.1, 0.15) is 6.07 Å². The average molecular weight is 292 g/mol. The average Bonchev–Trinajstić information content (AvgIpc) is 2.91. The summed E-state index contributed by atoms with van der Waals surface area (Å²) in [5, 5.41) is 10.5. The second-order valence-electron chi connectivity index (χ2n) is 5.11. The van der Waals surface area contributed by atoms with Gasteiger partial charge in [-0.25, -0.2) is 0 Å². The predicted molar refractivity (Wildman–Crippen MR) is 86.3 cm³/mol. The molecule has 0 atom stereocenters. The Bertz CT molecular complexity index is 888. The minimum Gasteiger partial charge on any atom is -0.493 e. The number of ether oxygens (including phenoxy) is 2. The van der Waals surface area contributed by atoms with E-state index in [1.54, 1.807) is 14.2 Å². The second kappa shape index (κ2) is 5.45. The number of fused-ring (bicyclic) bond motifs is 1. The number of aromatic nitrogens is 1. The zero-order valence-electron chi connectivity index (χ0n) is 12.7. The highest BCUT2D eigenvalue weighted by Gasteiger charge is 2.15. The zero-order valence-corrected chi connectivity index (χ0v) is 12.7. The Labute approximate surface area is 128 Å². The molecule has 0 radical (unpaired) electrons. The molecule has 4 heteroatoms. The van der Waals surface area contributed by atoms with E-state index >= 15 is 0 Å². The highest BCUT2D eigenvalue weighted by atomic mass is 16.5. The number of benzene rings is 2. The zero-order chi connectivity index (χ0) is 15.7. The van der Waals surface area contributed by atoms with E-state index in [9.17, 15) is 5.26 Å². The van der Waals surface area contributed by atoms with Gasteiger partial charge in [0.2, 0.25) is 0 Å². The molecule has 1 aromatic heterocycles. The van der Waals surface area contributed by atoms with Gasteiger partial charge in [-0.3, -0.25) is 0 Å². The molecule has 22 heavy (non-hydrogen) atoms. The Balaban J connectivity index is 2.24. The van der Waals surface area contributed by atoms with Crippen molar-refractivity contribution >= 4 is 10.9 Å². The van der Waals surface area contributed by atoms with Crippen LogP contribution in [0.4, 0.5) is 0 Å². The molecule has 0 bridgehead atoms. The highest BCUT2D eigenvalue weighted by molar-refractivity contribution is 5.94. The third-order valence-electron chi connectivity index (χ3n) is 3.74. The van der Waals surface area contributed by atoms with Crippen LogP contribution in [0.3, 0.4) is 0 Å². The lowest BCUT2D eigenvalue weighted by atomic mass is 10.0. The maximum Gasteiger partial charge on any atom is 0.161 e. The third-order valence-corrected chi connectivity index (χ3v) is 3.74. The number of hydrogen-bond acceptors (Lipinski definition) is 3. The number of hydrogen-bond donors (Lipinski definition) is 1. The van der Waals surface area contributed by atoms with Gasteiger partial charge in [0, 0.05) is 16.5 Å². The fourth-order valence-electron chi connectivity index (χ4n) is 2.63. The third kappa shape index (κ3) is 2.17. The van der Waals surface area contributed by atoms with E-state index in [4.69, 9.17) is 9.47 Å². The largest absolute Gasteiger partial charge is 0.493 e. The summed E-state index contributed by atoms with van der Waals surface area (Å²) in [6.07, 6.45) is 0. The molecule has 0 saturated carbocycles. The minimum absolute atomic E-state index is 0.638. The number of nitrogens with one attached hydrogen (secondary N) is 1. The molecule has 0 unspecified atom stereocenters. The molecule has 0 fully saturated rings. The van der Waals surface area contributed by atoms with Crippen LogP contribution in [0.5, 0.6) is 11.5 Å². The molecule has 0 aliphatic rings. The monoisotopic (exact) mass is 292 g/mol. The molecule has 110 valence electrons. The first-order chi connectivity index (χ1) is 10.7. The van der Waals surface area contributed by atoms with Gasteiger partial charge in [0.15, 0.2) is 11.5 Å². The van der Waals surface area contributed by atoms with Crippen LogP contribution in [-0.4, -0.2) is 19.2 Å². The van der Waals surface area contributed by atoms with Crippen molar-refractivity contribution in [2.24, 2.45) is 0 Å². The van der Waals surface area contributed by atoms with Gasteiger partial charge >= 0.3 is 0 Å². The number of aryl methyl sites for hydroxylation is 1. The number of rotatable bonds is 3. The van der Waals surface area contributed by atoms with E-state index in [0.717, 1.165) is 27.7 Å². The van der Waals surface area contributed by atoms with Gasteiger partial charge in [-0.05, 0) is 37.3 Å². The summed E-state index contributed by atoms with van der Waals surface area (Å²) in [4.78, 5) is 3.33. The van der Waals surface area contributed by atoms with Gasteiger partial charge < -0.3 is 14.5 Å². The predicted octanol–water partition coefficient (Wildman–Crippen LogP) is 4.03. The van der Waals surface area contributed by atoms with Crippen molar-refractivity contribution < 1.29 is 9.47 Å². The van der Waals surface area contributed by atoms with Crippen LogP contribution >= 0.6 is 0 Å². The molecule has 0 aliphatic heterocycles. The normalized spacial score (nSPS) is 10.5. The summed E-state index contributed by atoms with van der Waals surface area (Å²) in [5.74, 6) is 1.30. The van der Waals surface area contributed by atoms with Crippen molar-refractivity contribution in [2.45, 2.75) is 6.92 Å². The molecular formula is C18H16N2O2. The standard InChI is InChI=1S/C18H16N2O2/c1-11-4-6-15-13(8-11)14(10-19)18(20-15)12-5-7-16(21-2)17(9-12)22-3/h4-9,20H,1-3H3. The lowest BCUT2D eigenvalue weighted by Gasteiger charge is -2.09. The topological polar surface area (TPSA) is 58.0 Å². The Kier molecular flexibility index (Phi) is 3.48. The van der Waals surface area contributed by atoms with E-state index in [1.165, 1.54) is 0 Å². The summed E-state index contributed by atoms with van der Waals surface area (Å²) in [6, 6.07) is 14.0. The van der Waals surface area contributed by atoms with Crippen LogP contribution < -0.4 is 9.47 Å². The Morgan fingerprint density at radius 1 is 1.00 bits per heavy atom. The van der Waals surface area contributed by atoms with E-state index in [0.29, 0.717) is 17.1 Å². The summed E-state index contributed by atoms with van der Waals surface area (Å²) >= 11 is 0. The van der Waals surface area contributed by atoms with E-state index < -0.39 is 0 Å². The summed E-state index contributed by atoms with van der Waals surface area (Å²) < 4.78 is 10.6. The number of nitriles is 1. The van der Waals surface area contributed by atoms with E-state index in [1.807, 2.05) is 43.3 Å². The van der Waals surface area contributed by atoms with Crippen LogP contribution in [-0.2, 0) is 0 Å². The summed E-state index contributed by atoms with van der Waals surface area (Å²) in [5.41, 5.74) is 4.41. The molecule has 2 aromatic carbocycles. The van der Waals surface area contributed by atoms with Crippen molar-refractivity contribution in [3.05, 3.63) is 47.5 Å². The fourth-order valence-corrected chi connectivity index (χ4v) is 2.63. The molecule has 0 amide bonds. The van der Waals surface area contributed by atoms with Gasteiger partial charge in [0.05, 0.1) is 25.5 Å². The summed E-state index contributed by atoms with van der Waals surface area (Å²) in [7, 11) is 3.20. The van der Waals surface area contributed by atoms with E-state index in [-0.39, 0.29) is 0 Å². The van der Waals surface area contributed by atoms with Crippen LogP contribution in [0.1, 0.15) is 11.1 Å². The van der Waals surface area contributed by atoms with Crippen molar-refractivity contribution in [2.75, 3.05) is 14.2 Å². The molecule has 4 nitrogen and oxygen atoms in total. The van der Waals surface area contributed by atoms with Crippen molar-refractivity contribution in [3.8, 4) is 28.8 Å². The number of aromatic amines is 1. The summed E-state index contributed by atoms with van der Waals surface area (Å²) in [6.45, 7) is 2.02. The molecular weight excluding hydrogens is 276 g/mol.